The van der Waals surface area contributed by atoms with E-state index >= 15 is 0 Å². The van der Waals surface area contributed by atoms with Crippen molar-refractivity contribution in [3.63, 3.8) is 0 Å². The molecule has 0 radical (unpaired) electrons. The largest absolute Gasteiger partial charge is 0.301 e. The third-order valence-electron chi connectivity index (χ3n) is 3.76. The van der Waals surface area contributed by atoms with Crippen molar-refractivity contribution >= 4 is 0 Å². The van der Waals surface area contributed by atoms with Crippen LogP contribution in [-0.2, 0) is 0 Å². The van der Waals surface area contributed by atoms with Gasteiger partial charge in [-0.05, 0) is 44.4 Å². The summed E-state index contributed by atoms with van der Waals surface area (Å²) in [6.07, 6.45) is 13.9. The second kappa shape index (κ2) is 4.36. The molecule has 2 aliphatic rings. The fraction of sp³-hybridized carbons (Fsp3) is 0.846. The highest BCUT2D eigenvalue weighted by Crippen LogP contribution is 2.44. The second-order valence-corrected chi connectivity index (χ2v) is 4.95. The number of rotatable bonds is 3. The van der Waals surface area contributed by atoms with Gasteiger partial charge in [0.2, 0.25) is 0 Å². The molecule has 2 saturated carbocycles. The molecule has 3 unspecified atom stereocenters. The van der Waals surface area contributed by atoms with Crippen LogP contribution in [0.25, 0.3) is 0 Å². The molecule has 0 aliphatic heterocycles. The van der Waals surface area contributed by atoms with Gasteiger partial charge in [-0.1, -0.05) is 18.8 Å². The maximum Gasteiger partial charge on any atom is 0.0660 e. The van der Waals surface area contributed by atoms with Gasteiger partial charge >= 0.3 is 0 Å². The van der Waals surface area contributed by atoms with E-state index in [-0.39, 0.29) is 6.04 Å². The second-order valence-electron chi connectivity index (χ2n) is 4.95. The average molecular weight is 191 g/mol. The van der Waals surface area contributed by atoms with Crippen LogP contribution in [0.4, 0.5) is 0 Å². The van der Waals surface area contributed by atoms with Crippen LogP contribution in [0.1, 0.15) is 45.4 Å². The lowest BCUT2D eigenvalue weighted by Gasteiger charge is -2.33. The van der Waals surface area contributed by atoms with Gasteiger partial charge in [0.1, 0.15) is 0 Å². The molecule has 0 spiro atoms. The molecular weight excluding hydrogens is 170 g/mol. The summed E-state index contributed by atoms with van der Waals surface area (Å²) in [6, 6.07) is 0.960. The van der Waals surface area contributed by atoms with Gasteiger partial charge in [0.25, 0.3) is 0 Å². The Morgan fingerprint density at radius 1 is 1.21 bits per heavy atom. The Morgan fingerprint density at radius 3 is 2.57 bits per heavy atom. The molecule has 78 valence electrons. The predicted octanol–water partition coefficient (Wildman–Crippen LogP) is 2.57. The first kappa shape index (κ1) is 10.1. The Balaban J connectivity index is 1.89. The number of terminal acetylenes is 1. The lowest BCUT2D eigenvalue weighted by atomic mass is 9.81. The molecule has 3 atom stereocenters. The van der Waals surface area contributed by atoms with Gasteiger partial charge < -0.3 is 5.32 Å². The fourth-order valence-electron chi connectivity index (χ4n) is 2.82. The highest BCUT2D eigenvalue weighted by atomic mass is 15.0. The molecular formula is C13H21N. The third kappa shape index (κ3) is 2.30. The molecule has 0 amide bonds. The first-order valence-electron chi connectivity index (χ1n) is 6.03. The lowest BCUT2D eigenvalue weighted by Crippen LogP contribution is -2.43. The summed E-state index contributed by atoms with van der Waals surface area (Å²) in [7, 11) is 0. The number of hydrogen-bond acceptors (Lipinski definition) is 1. The zero-order valence-corrected chi connectivity index (χ0v) is 9.13. The molecule has 1 nitrogen and oxygen atoms in total. The van der Waals surface area contributed by atoms with Crippen LogP contribution in [0.3, 0.4) is 0 Å². The van der Waals surface area contributed by atoms with E-state index in [4.69, 9.17) is 6.42 Å². The van der Waals surface area contributed by atoms with Gasteiger partial charge in [-0.25, -0.2) is 0 Å². The summed E-state index contributed by atoms with van der Waals surface area (Å²) in [5, 5.41) is 3.60. The maximum absolute atomic E-state index is 5.41. The van der Waals surface area contributed by atoms with E-state index in [0.29, 0.717) is 6.04 Å². The van der Waals surface area contributed by atoms with Crippen LogP contribution in [0.2, 0.25) is 0 Å². The minimum Gasteiger partial charge on any atom is -0.301 e. The van der Waals surface area contributed by atoms with Crippen LogP contribution >= 0.6 is 0 Å². The molecule has 0 saturated heterocycles. The predicted molar refractivity (Wildman–Crippen MR) is 59.9 cm³/mol. The normalized spacial score (nSPS) is 34.9. The minimum absolute atomic E-state index is 0.249. The van der Waals surface area contributed by atoms with Crippen molar-refractivity contribution in [3.05, 3.63) is 0 Å². The van der Waals surface area contributed by atoms with Crippen LogP contribution < -0.4 is 5.32 Å². The third-order valence-corrected chi connectivity index (χ3v) is 3.76. The molecule has 0 aromatic carbocycles. The van der Waals surface area contributed by atoms with Crippen molar-refractivity contribution in [2.45, 2.75) is 57.5 Å². The molecule has 2 aliphatic carbocycles. The quantitative estimate of drug-likeness (QED) is 0.676. The van der Waals surface area contributed by atoms with E-state index in [9.17, 15) is 0 Å². The van der Waals surface area contributed by atoms with Gasteiger partial charge in [0.15, 0.2) is 0 Å². The zero-order valence-electron chi connectivity index (χ0n) is 9.13. The molecule has 0 aromatic heterocycles. The fourth-order valence-corrected chi connectivity index (χ4v) is 2.82. The van der Waals surface area contributed by atoms with Crippen LogP contribution in [-0.4, -0.2) is 12.1 Å². The molecule has 0 aromatic rings. The minimum atomic E-state index is 0.249. The van der Waals surface area contributed by atoms with Gasteiger partial charge in [0.05, 0.1) is 6.04 Å². The first-order chi connectivity index (χ1) is 6.81. The molecule has 0 heterocycles. The lowest BCUT2D eigenvalue weighted by molar-refractivity contribution is 0.231. The summed E-state index contributed by atoms with van der Waals surface area (Å²) in [5.41, 5.74) is 0. The SMILES string of the molecule is C#CC(C)NC1CCCCC1C1CC1. The van der Waals surface area contributed by atoms with Gasteiger partial charge in [-0.3, -0.25) is 0 Å². The van der Waals surface area contributed by atoms with Crippen LogP contribution in [0.15, 0.2) is 0 Å². The topological polar surface area (TPSA) is 12.0 Å². The molecule has 1 heteroatoms. The van der Waals surface area contributed by atoms with E-state index in [1.807, 2.05) is 0 Å². The highest BCUT2D eigenvalue weighted by molar-refractivity contribution is 5.00. The molecule has 2 fully saturated rings. The molecule has 2 rings (SSSR count). The van der Waals surface area contributed by atoms with Gasteiger partial charge in [-0.2, -0.15) is 0 Å². The van der Waals surface area contributed by atoms with Crippen LogP contribution in [0.5, 0.6) is 0 Å². The summed E-state index contributed by atoms with van der Waals surface area (Å²) in [4.78, 5) is 0. The van der Waals surface area contributed by atoms with Crippen molar-refractivity contribution in [2.24, 2.45) is 11.8 Å². The van der Waals surface area contributed by atoms with E-state index < -0.39 is 0 Å². The summed E-state index contributed by atoms with van der Waals surface area (Å²) < 4.78 is 0. The Bertz CT molecular complexity index is 224. The number of nitrogens with one attached hydrogen (secondary N) is 1. The zero-order chi connectivity index (χ0) is 9.97. The molecule has 14 heavy (non-hydrogen) atoms. The van der Waals surface area contributed by atoms with E-state index in [0.717, 1.165) is 11.8 Å². The average Bonchev–Trinajstić information content (AvgIpc) is 3.02. The van der Waals surface area contributed by atoms with E-state index in [1.54, 1.807) is 0 Å². The Morgan fingerprint density at radius 2 is 1.93 bits per heavy atom. The van der Waals surface area contributed by atoms with Crippen molar-refractivity contribution in [1.29, 1.82) is 0 Å². The molecule has 0 bridgehead atoms. The summed E-state index contributed by atoms with van der Waals surface area (Å²) in [5.74, 6) is 4.74. The number of hydrogen-bond donors (Lipinski definition) is 1. The first-order valence-corrected chi connectivity index (χ1v) is 6.03. The summed E-state index contributed by atoms with van der Waals surface area (Å²) in [6.45, 7) is 2.10. The van der Waals surface area contributed by atoms with Crippen LogP contribution in [0, 0.1) is 24.2 Å². The van der Waals surface area contributed by atoms with E-state index in [2.05, 4.69) is 18.2 Å². The Hall–Kier alpha value is -0.480. The van der Waals surface area contributed by atoms with Gasteiger partial charge in [0, 0.05) is 6.04 Å². The van der Waals surface area contributed by atoms with Gasteiger partial charge in [-0.15, -0.1) is 6.42 Å². The van der Waals surface area contributed by atoms with Crippen molar-refractivity contribution in [1.82, 2.24) is 5.32 Å². The molecule has 1 N–H and O–H groups in total. The maximum atomic E-state index is 5.41. The standard InChI is InChI=1S/C13H21N/c1-3-10(2)14-13-7-5-4-6-12(13)11-8-9-11/h1,10-14H,4-9H2,2H3. The monoisotopic (exact) mass is 191 g/mol. The Kier molecular flexibility index (Phi) is 3.13. The van der Waals surface area contributed by atoms with Crippen molar-refractivity contribution in [2.75, 3.05) is 0 Å². The highest BCUT2D eigenvalue weighted by Gasteiger charge is 2.37. The Labute approximate surface area is 87.7 Å². The van der Waals surface area contributed by atoms with Crippen molar-refractivity contribution in [3.8, 4) is 12.3 Å². The summed E-state index contributed by atoms with van der Waals surface area (Å²) >= 11 is 0. The van der Waals surface area contributed by atoms with Crippen molar-refractivity contribution < 1.29 is 0 Å². The smallest absolute Gasteiger partial charge is 0.0660 e. The van der Waals surface area contributed by atoms with E-state index in [1.165, 1.54) is 38.5 Å².